The number of guanidine groups is 1. The summed E-state index contributed by atoms with van der Waals surface area (Å²) in [5.41, 5.74) is 10.7. The van der Waals surface area contributed by atoms with Gasteiger partial charge >= 0.3 is 6.03 Å². The first-order valence-corrected chi connectivity index (χ1v) is 4.12. The summed E-state index contributed by atoms with van der Waals surface area (Å²) < 4.78 is 0. The molecular formula is C8H9ClN4O. The van der Waals surface area contributed by atoms with Gasteiger partial charge in [-0.2, -0.15) is 0 Å². The average Bonchev–Trinajstić information content (AvgIpc) is 2.07. The zero-order valence-electron chi connectivity index (χ0n) is 7.20. The number of halogens is 1. The Labute approximate surface area is 85.8 Å². The van der Waals surface area contributed by atoms with Crippen LogP contribution in [0.2, 0.25) is 5.02 Å². The van der Waals surface area contributed by atoms with E-state index in [1.54, 1.807) is 24.3 Å². The lowest BCUT2D eigenvalue weighted by molar-refractivity contribution is 0.253. The summed E-state index contributed by atoms with van der Waals surface area (Å²) in [6.45, 7) is 0. The fourth-order valence-electron chi connectivity index (χ4n) is 0.826. The lowest BCUT2D eigenvalue weighted by atomic mass is 10.3. The van der Waals surface area contributed by atoms with Gasteiger partial charge in [-0.1, -0.05) is 23.7 Å². The zero-order chi connectivity index (χ0) is 10.6. The van der Waals surface area contributed by atoms with E-state index in [4.69, 9.17) is 23.1 Å². The van der Waals surface area contributed by atoms with Crippen molar-refractivity contribution in [1.29, 1.82) is 0 Å². The van der Waals surface area contributed by atoms with Gasteiger partial charge in [0.2, 0.25) is 5.96 Å². The lowest BCUT2D eigenvalue weighted by Gasteiger charge is -2.01. The Morgan fingerprint density at radius 2 is 2.00 bits per heavy atom. The summed E-state index contributed by atoms with van der Waals surface area (Å²) in [6.07, 6.45) is 0. The number of nitrogens with zero attached hydrogens (tertiary/aromatic N) is 1. The highest BCUT2D eigenvalue weighted by Gasteiger charge is 1.99. The quantitative estimate of drug-likeness (QED) is 0.478. The van der Waals surface area contributed by atoms with Gasteiger partial charge in [0.1, 0.15) is 0 Å². The van der Waals surface area contributed by atoms with Gasteiger partial charge in [-0.15, -0.1) is 0 Å². The van der Waals surface area contributed by atoms with Crippen LogP contribution in [0.1, 0.15) is 0 Å². The van der Waals surface area contributed by atoms with E-state index in [0.29, 0.717) is 10.7 Å². The number of rotatable bonds is 1. The Balaban J connectivity index is 2.86. The molecule has 0 spiro atoms. The molecule has 1 rings (SSSR count). The summed E-state index contributed by atoms with van der Waals surface area (Å²) in [4.78, 5) is 14.3. The summed E-state index contributed by atoms with van der Waals surface area (Å²) in [5, 5.41) is 2.57. The first kappa shape index (κ1) is 10.3. The number of aliphatic imine (C=N–C) groups is 1. The predicted octanol–water partition coefficient (Wildman–Crippen LogP) is 0.954. The van der Waals surface area contributed by atoms with Gasteiger partial charge < -0.3 is 11.5 Å². The zero-order valence-corrected chi connectivity index (χ0v) is 7.95. The topological polar surface area (TPSA) is 93.5 Å². The molecule has 1 aromatic rings. The van der Waals surface area contributed by atoms with Crippen molar-refractivity contribution in [1.82, 2.24) is 5.32 Å². The van der Waals surface area contributed by atoms with E-state index in [2.05, 4.69) is 10.3 Å². The third kappa shape index (κ3) is 2.95. The number of carbonyl (C=O) groups excluding carboxylic acids is 1. The summed E-state index contributed by atoms with van der Waals surface area (Å²) in [7, 11) is 0. The normalized spacial score (nSPS) is 11.1. The second kappa shape index (κ2) is 4.48. The molecule has 0 unspecified atom stereocenters. The molecule has 0 heterocycles. The number of benzene rings is 1. The van der Waals surface area contributed by atoms with E-state index >= 15 is 0 Å². The van der Waals surface area contributed by atoms with E-state index in [9.17, 15) is 4.79 Å². The van der Waals surface area contributed by atoms with Crippen LogP contribution in [0.3, 0.4) is 0 Å². The van der Waals surface area contributed by atoms with Crippen LogP contribution in [-0.4, -0.2) is 12.0 Å². The molecule has 74 valence electrons. The van der Waals surface area contributed by atoms with E-state index in [1.165, 1.54) is 0 Å². The molecule has 0 saturated carbocycles. The molecule has 0 aliphatic heterocycles. The monoisotopic (exact) mass is 212 g/mol. The molecule has 1 aromatic carbocycles. The fraction of sp³-hybridized carbons (Fsp3) is 0. The van der Waals surface area contributed by atoms with Crippen molar-refractivity contribution in [3.8, 4) is 0 Å². The number of nitrogens with two attached hydrogens (primary N) is 2. The van der Waals surface area contributed by atoms with Crippen LogP contribution in [-0.2, 0) is 0 Å². The van der Waals surface area contributed by atoms with Crippen LogP contribution in [0.5, 0.6) is 0 Å². The number of hydrogen-bond acceptors (Lipinski definition) is 2. The van der Waals surface area contributed by atoms with Crippen LogP contribution in [0.4, 0.5) is 10.5 Å². The Kier molecular flexibility index (Phi) is 3.30. The summed E-state index contributed by atoms with van der Waals surface area (Å²) in [6, 6.07) is 6.08. The number of para-hydroxylation sites is 1. The van der Waals surface area contributed by atoms with Crippen molar-refractivity contribution in [3.63, 3.8) is 0 Å². The maximum atomic E-state index is 10.4. The third-order valence-electron chi connectivity index (χ3n) is 1.34. The van der Waals surface area contributed by atoms with Gasteiger partial charge in [0.25, 0.3) is 0 Å². The minimum atomic E-state index is -0.765. The Hall–Kier alpha value is -1.75. The molecule has 0 aromatic heterocycles. The van der Waals surface area contributed by atoms with Crippen LogP contribution in [0.25, 0.3) is 0 Å². The number of carbonyl (C=O) groups is 1. The van der Waals surface area contributed by atoms with E-state index in [0.717, 1.165) is 0 Å². The van der Waals surface area contributed by atoms with Gasteiger partial charge in [0.05, 0.1) is 10.7 Å². The average molecular weight is 213 g/mol. The molecule has 0 bridgehead atoms. The van der Waals surface area contributed by atoms with Crippen molar-refractivity contribution in [2.24, 2.45) is 16.5 Å². The van der Waals surface area contributed by atoms with E-state index in [-0.39, 0.29) is 5.96 Å². The molecule has 2 amide bonds. The standard InChI is InChI=1S/C8H9ClN4O/c9-5-3-1-2-4-6(5)12-7(10)13-8(11)14/h1-4H,(H5,10,11,12,13,14). The number of primary amides is 1. The summed E-state index contributed by atoms with van der Waals surface area (Å²) >= 11 is 5.80. The molecule has 0 aliphatic carbocycles. The molecule has 0 radical (unpaired) electrons. The van der Waals surface area contributed by atoms with Crippen molar-refractivity contribution < 1.29 is 4.79 Å². The lowest BCUT2D eigenvalue weighted by Crippen LogP contribution is -2.39. The van der Waals surface area contributed by atoms with Gasteiger partial charge in [0.15, 0.2) is 0 Å². The molecule has 0 fully saturated rings. The highest BCUT2D eigenvalue weighted by molar-refractivity contribution is 6.33. The van der Waals surface area contributed by atoms with Gasteiger partial charge in [-0.05, 0) is 12.1 Å². The van der Waals surface area contributed by atoms with Gasteiger partial charge in [-0.25, -0.2) is 9.79 Å². The number of amides is 2. The Bertz CT molecular complexity index is 377. The van der Waals surface area contributed by atoms with Crippen LogP contribution in [0.15, 0.2) is 29.3 Å². The van der Waals surface area contributed by atoms with Crippen molar-refractivity contribution in [2.45, 2.75) is 0 Å². The van der Waals surface area contributed by atoms with E-state index in [1.807, 2.05) is 0 Å². The largest absolute Gasteiger partial charge is 0.369 e. The highest BCUT2D eigenvalue weighted by Crippen LogP contribution is 2.23. The molecule has 14 heavy (non-hydrogen) atoms. The van der Waals surface area contributed by atoms with Crippen molar-refractivity contribution in [3.05, 3.63) is 29.3 Å². The second-order valence-electron chi connectivity index (χ2n) is 2.44. The van der Waals surface area contributed by atoms with Crippen LogP contribution in [0, 0.1) is 0 Å². The molecule has 0 saturated heterocycles. The Morgan fingerprint density at radius 1 is 1.36 bits per heavy atom. The highest BCUT2D eigenvalue weighted by atomic mass is 35.5. The van der Waals surface area contributed by atoms with Crippen molar-refractivity contribution in [2.75, 3.05) is 0 Å². The van der Waals surface area contributed by atoms with Crippen LogP contribution < -0.4 is 16.8 Å². The maximum Gasteiger partial charge on any atom is 0.318 e. The minimum Gasteiger partial charge on any atom is -0.369 e. The molecule has 5 nitrogen and oxygen atoms in total. The Morgan fingerprint density at radius 3 is 2.57 bits per heavy atom. The van der Waals surface area contributed by atoms with E-state index < -0.39 is 6.03 Å². The smallest absolute Gasteiger partial charge is 0.318 e. The number of hydrogen-bond donors (Lipinski definition) is 3. The predicted molar refractivity (Wildman–Crippen MR) is 55.5 cm³/mol. The van der Waals surface area contributed by atoms with Crippen molar-refractivity contribution >= 4 is 29.3 Å². The second-order valence-corrected chi connectivity index (χ2v) is 2.84. The van der Waals surface area contributed by atoms with Gasteiger partial charge in [-0.3, -0.25) is 5.32 Å². The molecule has 5 N–H and O–H groups in total. The molecule has 0 aliphatic rings. The van der Waals surface area contributed by atoms with Crippen LogP contribution >= 0.6 is 11.6 Å². The molecule has 0 atom stereocenters. The number of urea groups is 1. The minimum absolute atomic E-state index is 0.0920. The third-order valence-corrected chi connectivity index (χ3v) is 1.66. The molecule has 6 heteroatoms. The SMILES string of the molecule is NC(=O)NC(N)=Nc1ccccc1Cl. The first-order valence-electron chi connectivity index (χ1n) is 3.75. The number of nitrogens with one attached hydrogen (secondary N) is 1. The fourth-order valence-corrected chi connectivity index (χ4v) is 1.00. The maximum absolute atomic E-state index is 10.4. The van der Waals surface area contributed by atoms with Gasteiger partial charge in [0, 0.05) is 0 Å². The summed E-state index contributed by atoms with van der Waals surface area (Å²) in [5.74, 6) is -0.0920. The molecular weight excluding hydrogens is 204 g/mol. The first-order chi connectivity index (χ1) is 6.59.